The highest BCUT2D eigenvalue weighted by atomic mass is 28.3. The first-order valence-corrected chi connectivity index (χ1v) is 8.99. The van der Waals surface area contributed by atoms with E-state index in [0.29, 0.717) is 58.7 Å². The molecule has 131 valence electrons. The predicted molar refractivity (Wildman–Crippen MR) is 81.9 cm³/mol. The molecule has 1 radical (unpaired) electrons. The minimum atomic E-state index is -1.70. The standard InChI is InChI=1S/C13H28NO7Si/c1-3-18-6-7-19-8-9-20-10-11-21-13(15)14-5-4-12-22(16)17-2/h16H,3-12H2,1-2H3,(H,14,15). The van der Waals surface area contributed by atoms with Crippen molar-refractivity contribution in [3.05, 3.63) is 0 Å². The van der Waals surface area contributed by atoms with E-state index < -0.39 is 15.4 Å². The van der Waals surface area contributed by atoms with Crippen molar-refractivity contribution in [2.75, 3.05) is 59.9 Å². The molecule has 0 saturated carbocycles. The van der Waals surface area contributed by atoms with Gasteiger partial charge in [-0.3, -0.25) is 0 Å². The highest BCUT2D eigenvalue weighted by molar-refractivity contribution is 6.42. The Kier molecular flexibility index (Phi) is 16.1. The summed E-state index contributed by atoms with van der Waals surface area (Å²) in [5, 5.41) is 2.59. The van der Waals surface area contributed by atoms with Gasteiger partial charge >= 0.3 is 15.4 Å². The number of nitrogens with one attached hydrogen (secondary N) is 1. The number of rotatable bonds is 15. The normalized spacial score (nSPS) is 10.9. The zero-order valence-corrected chi connectivity index (χ0v) is 14.5. The average molecular weight is 338 g/mol. The van der Waals surface area contributed by atoms with Crippen LogP contribution in [0.3, 0.4) is 0 Å². The minimum absolute atomic E-state index is 0.192. The van der Waals surface area contributed by atoms with Gasteiger partial charge in [0.1, 0.15) is 6.61 Å². The summed E-state index contributed by atoms with van der Waals surface area (Å²) in [6.45, 7) is 5.68. The number of carbonyl (C=O) groups is 1. The number of alkyl carbamates (subject to hydrolysis) is 1. The summed E-state index contributed by atoms with van der Waals surface area (Å²) in [7, 11) is -0.223. The van der Waals surface area contributed by atoms with Gasteiger partial charge in [-0.15, -0.1) is 0 Å². The lowest BCUT2D eigenvalue weighted by Crippen LogP contribution is -2.28. The van der Waals surface area contributed by atoms with Gasteiger partial charge in [-0.05, 0) is 19.4 Å². The van der Waals surface area contributed by atoms with Crippen LogP contribution in [0.4, 0.5) is 4.79 Å². The fourth-order valence-corrected chi connectivity index (χ4v) is 2.04. The molecule has 0 atom stereocenters. The number of ether oxygens (including phenoxy) is 4. The molecule has 2 N–H and O–H groups in total. The van der Waals surface area contributed by atoms with Crippen molar-refractivity contribution in [1.82, 2.24) is 5.32 Å². The van der Waals surface area contributed by atoms with E-state index in [9.17, 15) is 9.59 Å². The van der Waals surface area contributed by atoms with E-state index in [0.717, 1.165) is 0 Å². The van der Waals surface area contributed by atoms with Gasteiger partial charge in [-0.1, -0.05) is 0 Å². The number of amides is 1. The van der Waals surface area contributed by atoms with E-state index >= 15 is 0 Å². The maximum atomic E-state index is 11.3. The first-order chi connectivity index (χ1) is 10.7. The summed E-state index contributed by atoms with van der Waals surface area (Å²) in [5.74, 6) is 0. The maximum Gasteiger partial charge on any atom is 0.407 e. The number of hydrogen-bond acceptors (Lipinski definition) is 7. The first kappa shape index (κ1) is 21.3. The van der Waals surface area contributed by atoms with E-state index in [1.165, 1.54) is 7.11 Å². The Labute approximate surface area is 133 Å². The van der Waals surface area contributed by atoms with Crippen LogP contribution < -0.4 is 5.32 Å². The summed E-state index contributed by atoms with van der Waals surface area (Å²) < 4.78 is 25.3. The van der Waals surface area contributed by atoms with Crippen LogP contribution in [-0.2, 0) is 23.4 Å². The zero-order valence-electron chi connectivity index (χ0n) is 13.5. The van der Waals surface area contributed by atoms with Crippen LogP contribution in [0.1, 0.15) is 13.3 Å². The van der Waals surface area contributed by atoms with Crippen LogP contribution >= 0.6 is 0 Å². The van der Waals surface area contributed by atoms with Gasteiger partial charge in [0.05, 0.1) is 33.0 Å². The Hall–Kier alpha value is -0.713. The predicted octanol–water partition coefficient (Wildman–Crippen LogP) is 0.299. The van der Waals surface area contributed by atoms with Gasteiger partial charge < -0.3 is 33.5 Å². The van der Waals surface area contributed by atoms with Gasteiger partial charge in [0.15, 0.2) is 0 Å². The molecular formula is C13H28NO7Si. The molecule has 0 unspecified atom stereocenters. The van der Waals surface area contributed by atoms with Crippen LogP contribution in [0.5, 0.6) is 0 Å². The molecule has 22 heavy (non-hydrogen) atoms. The fourth-order valence-electron chi connectivity index (χ4n) is 1.36. The second kappa shape index (κ2) is 16.7. The largest absolute Gasteiger partial charge is 0.447 e. The molecule has 0 aliphatic heterocycles. The molecule has 0 aromatic rings. The van der Waals surface area contributed by atoms with Crippen LogP contribution in [-0.4, -0.2) is 80.1 Å². The Balaban J connectivity index is 3.18. The Morgan fingerprint density at radius 1 is 1.05 bits per heavy atom. The lowest BCUT2D eigenvalue weighted by atomic mass is 10.5. The van der Waals surface area contributed by atoms with Gasteiger partial charge in [-0.2, -0.15) is 0 Å². The maximum absolute atomic E-state index is 11.3. The topological polar surface area (TPSA) is 95.5 Å². The second-order valence-electron chi connectivity index (χ2n) is 4.19. The molecule has 0 saturated heterocycles. The molecule has 0 fully saturated rings. The molecule has 0 heterocycles. The monoisotopic (exact) mass is 338 g/mol. The van der Waals surface area contributed by atoms with Crippen molar-refractivity contribution < 1.29 is 33.0 Å². The van der Waals surface area contributed by atoms with Crippen LogP contribution in [0.2, 0.25) is 6.04 Å². The van der Waals surface area contributed by atoms with E-state index in [2.05, 4.69) is 5.32 Å². The first-order valence-electron chi connectivity index (χ1n) is 7.43. The molecule has 0 aliphatic carbocycles. The number of carbonyl (C=O) groups excluding carboxylic acids is 1. The molecule has 0 bridgehead atoms. The van der Waals surface area contributed by atoms with Crippen molar-refractivity contribution in [2.24, 2.45) is 0 Å². The van der Waals surface area contributed by atoms with Gasteiger partial charge in [-0.25, -0.2) is 4.79 Å². The Bertz CT molecular complexity index is 259. The molecule has 8 nitrogen and oxygen atoms in total. The second-order valence-corrected chi connectivity index (χ2v) is 5.88. The summed E-state index contributed by atoms with van der Waals surface area (Å²) in [5.41, 5.74) is 0. The summed E-state index contributed by atoms with van der Waals surface area (Å²) in [6.07, 6.45) is 0.171. The lowest BCUT2D eigenvalue weighted by Gasteiger charge is -2.08. The molecule has 0 aliphatic rings. The van der Waals surface area contributed by atoms with E-state index in [4.69, 9.17) is 23.4 Å². The van der Waals surface area contributed by atoms with E-state index in [-0.39, 0.29) is 6.61 Å². The van der Waals surface area contributed by atoms with Crippen LogP contribution in [0.25, 0.3) is 0 Å². The summed E-state index contributed by atoms with van der Waals surface area (Å²) in [6, 6.07) is 0.563. The van der Waals surface area contributed by atoms with Crippen LogP contribution in [0, 0.1) is 0 Å². The van der Waals surface area contributed by atoms with Crippen molar-refractivity contribution in [1.29, 1.82) is 0 Å². The van der Waals surface area contributed by atoms with Crippen molar-refractivity contribution >= 4 is 15.4 Å². The highest BCUT2D eigenvalue weighted by Crippen LogP contribution is 1.94. The molecule has 1 amide bonds. The number of hydrogen-bond donors (Lipinski definition) is 2. The van der Waals surface area contributed by atoms with Crippen molar-refractivity contribution in [2.45, 2.75) is 19.4 Å². The highest BCUT2D eigenvalue weighted by Gasteiger charge is 2.07. The SMILES string of the molecule is CCOCCOCCOCCOC(=O)NCCC[Si](O)OC. The third-order valence-electron chi connectivity index (χ3n) is 2.48. The third-order valence-corrected chi connectivity index (χ3v) is 3.73. The third kappa shape index (κ3) is 15.7. The molecule has 0 aromatic heterocycles. The smallest absolute Gasteiger partial charge is 0.407 e. The molecule has 0 aromatic carbocycles. The molecule has 0 spiro atoms. The van der Waals surface area contributed by atoms with Crippen LogP contribution in [0.15, 0.2) is 0 Å². The Morgan fingerprint density at radius 2 is 1.64 bits per heavy atom. The van der Waals surface area contributed by atoms with Gasteiger partial charge in [0.25, 0.3) is 0 Å². The zero-order chi connectivity index (χ0) is 16.5. The van der Waals surface area contributed by atoms with E-state index in [1.54, 1.807) is 0 Å². The van der Waals surface area contributed by atoms with Gasteiger partial charge in [0.2, 0.25) is 0 Å². The van der Waals surface area contributed by atoms with Crippen molar-refractivity contribution in [3.63, 3.8) is 0 Å². The summed E-state index contributed by atoms with van der Waals surface area (Å²) in [4.78, 5) is 20.5. The minimum Gasteiger partial charge on any atom is -0.447 e. The van der Waals surface area contributed by atoms with E-state index in [1.807, 2.05) is 6.92 Å². The summed E-state index contributed by atoms with van der Waals surface area (Å²) >= 11 is 0. The quantitative estimate of drug-likeness (QED) is 0.327. The lowest BCUT2D eigenvalue weighted by molar-refractivity contribution is 0.00746. The molecular weight excluding hydrogens is 310 g/mol. The van der Waals surface area contributed by atoms with Gasteiger partial charge in [0, 0.05) is 20.3 Å². The average Bonchev–Trinajstić information content (AvgIpc) is 2.53. The fraction of sp³-hybridized carbons (Fsp3) is 0.923. The Morgan fingerprint density at radius 3 is 2.23 bits per heavy atom. The molecule has 0 rings (SSSR count). The van der Waals surface area contributed by atoms with Crippen molar-refractivity contribution in [3.8, 4) is 0 Å². The molecule has 9 heteroatoms.